The molecule has 13 nitrogen and oxygen atoms in total. The molecule has 0 bridgehead atoms. The number of rotatable bonds is 9. The molecule has 1 atom stereocenters. The molecular weight excluding hydrogens is 641 g/mol. The van der Waals surface area contributed by atoms with E-state index in [1.165, 1.54) is 30.3 Å². The number of pyridine rings is 1. The molecule has 48 heavy (non-hydrogen) atoms. The van der Waals surface area contributed by atoms with E-state index in [4.69, 9.17) is 19.7 Å². The van der Waals surface area contributed by atoms with Crippen molar-refractivity contribution < 1.29 is 31.4 Å². The van der Waals surface area contributed by atoms with Crippen molar-refractivity contribution in [3.8, 4) is 23.5 Å². The zero-order valence-electron chi connectivity index (χ0n) is 25.1. The molecular formula is C30H26F5N11O2. The number of nitrogens with zero attached hydrogens (tertiary/aromatic N) is 10. The summed E-state index contributed by atoms with van der Waals surface area (Å²) in [5.74, 6) is -1.60. The molecule has 2 saturated heterocycles. The highest BCUT2D eigenvalue weighted by Crippen LogP contribution is 2.29. The highest BCUT2D eigenvalue weighted by molar-refractivity contribution is 5.75. The van der Waals surface area contributed by atoms with Crippen LogP contribution in [-0.2, 0) is 30.6 Å². The minimum Gasteiger partial charge on any atom is -0.473 e. The Morgan fingerprint density at radius 1 is 0.979 bits per heavy atom. The van der Waals surface area contributed by atoms with Crippen LogP contribution in [-0.4, -0.2) is 83.7 Å². The molecule has 0 amide bonds. The maximum absolute atomic E-state index is 14.9. The van der Waals surface area contributed by atoms with Crippen molar-refractivity contribution >= 4 is 17.0 Å². The smallest absolute Gasteiger partial charge is 0.451 e. The van der Waals surface area contributed by atoms with Gasteiger partial charge < -0.3 is 23.9 Å². The largest absolute Gasteiger partial charge is 0.473 e. The molecule has 18 heteroatoms. The van der Waals surface area contributed by atoms with Crippen molar-refractivity contribution in [2.24, 2.45) is 0 Å². The molecule has 7 rings (SSSR count). The monoisotopic (exact) mass is 667 g/mol. The van der Waals surface area contributed by atoms with Crippen LogP contribution in [0.1, 0.15) is 29.2 Å². The van der Waals surface area contributed by atoms with E-state index >= 15 is 0 Å². The Morgan fingerprint density at radius 3 is 2.48 bits per heavy atom. The summed E-state index contributed by atoms with van der Waals surface area (Å²) < 4.78 is 81.5. The van der Waals surface area contributed by atoms with Crippen LogP contribution < -0.4 is 9.64 Å². The molecule has 1 aromatic carbocycles. The number of piperazine rings is 1. The molecule has 6 heterocycles. The topological polar surface area (TPSA) is 147 Å². The summed E-state index contributed by atoms with van der Waals surface area (Å²) in [5, 5.41) is 24.0. The summed E-state index contributed by atoms with van der Waals surface area (Å²) in [6.07, 6.45) is -3.85. The van der Waals surface area contributed by atoms with Crippen molar-refractivity contribution in [1.29, 1.82) is 5.26 Å². The lowest BCUT2D eigenvalue weighted by Gasteiger charge is -2.35. The Bertz CT molecular complexity index is 2000. The van der Waals surface area contributed by atoms with Gasteiger partial charge in [0.15, 0.2) is 23.1 Å². The standard InChI is InChI=1S/C30H26F5N11O2/c31-20-3-4-25(48-16-18-2-1-17(13-36)11-21(18)32)38-27(20)45-8-6-44(7-9-45)15-24-37-23-12-22(26-39-29(43-41-26)30(33,34)35)40-42-28(23)46(24)14-19-5-10-47-19/h1-4,11-12,19H,5-10,14-16H2,(H,39,41,43). The van der Waals surface area contributed by atoms with E-state index < -0.39 is 23.6 Å². The van der Waals surface area contributed by atoms with Gasteiger partial charge in [-0.05, 0) is 30.7 Å². The van der Waals surface area contributed by atoms with E-state index in [0.717, 1.165) is 12.5 Å². The van der Waals surface area contributed by atoms with Crippen LogP contribution >= 0.6 is 0 Å². The quantitative estimate of drug-likeness (QED) is 0.229. The van der Waals surface area contributed by atoms with Gasteiger partial charge in [0.05, 0.1) is 30.8 Å². The van der Waals surface area contributed by atoms with Crippen molar-refractivity contribution in [3.05, 3.63) is 70.8 Å². The Morgan fingerprint density at radius 2 is 1.79 bits per heavy atom. The third-order valence-corrected chi connectivity index (χ3v) is 8.15. The first kappa shape index (κ1) is 31.3. The summed E-state index contributed by atoms with van der Waals surface area (Å²) in [6, 6.07) is 10.1. The Labute approximate surface area is 269 Å². The molecule has 0 aliphatic carbocycles. The van der Waals surface area contributed by atoms with Crippen LogP contribution in [0.25, 0.3) is 22.7 Å². The first-order chi connectivity index (χ1) is 23.1. The SMILES string of the molecule is N#Cc1ccc(COc2ccc(F)c(N3CCN(Cc4nc5cc(-c6nnc(C(F)(F)F)[nH]6)nnc5n4CC4CCO4)CC3)n2)c(F)c1. The summed E-state index contributed by atoms with van der Waals surface area (Å²) >= 11 is 0. The first-order valence-corrected chi connectivity index (χ1v) is 14.9. The molecule has 2 fully saturated rings. The highest BCUT2D eigenvalue weighted by Gasteiger charge is 2.36. The normalized spacial score (nSPS) is 17.0. The minimum atomic E-state index is -4.68. The lowest BCUT2D eigenvalue weighted by Crippen LogP contribution is -2.47. The molecule has 0 spiro atoms. The maximum Gasteiger partial charge on any atom is 0.451 e. The Kier molecular flexibility index (Phi) is 8.31. The lowest BCUT2D eigenvalue weighted by molar-refractivity contribution is -0.144. The number of hydrogen-bond acceptors (Lipinski definition) is 11. The van der Waals surface area contributed by atoms with Gasteiger partial charge in [0.25, 0.3) is 0 Å². The molecule has 5 aromatic rings. The van der Waals surface area contributed by atoms with E-state index in [2.05, 4.69) is 35.3 Å². The average molecular weight is 668 g/mol. The van der Waals surface area contributed by atoms with Crippen LogP contribution in [0.4, 0.5) is 27.8 Å². The molecule has 2 aliphatic heterocycles. The summed E-state index contributed by atoms with van der Waals surface area (Å²) in [7, 11) is 0. The third kappa shape index (κ3) is 6.46. The predicted octanol–water partition coefficient (Wildman–Crippen LogP) is 3.87. The van der Waals surface area contributed by atoms with Gasteiger partial charge in [-0.15, -0.1) is 20.4 Å². The van der Waals surface area contributed by atoms with Crippen LogP contribution in [0, 0.1) is 23.0 Å². The molecule has 0 radical (unpaired) electrons. The maximum atomic E-state index is 14.9. The number of alkyl halides is 3. The van der Waals surface area contributed by atoms with Gasteiger partial charge in [-0.2, -0.15) is 23.4 Å². The molecule has 0 saturated carbocycles. The van der Waals surface area contributed by atoms with E-state index in [1.54, 1.807) is 4.90 Å². The fourth-order valence-corrected chi connectivity index (χ4v) is 5.46. The van der Waals surface area contributed by atoms with Crippen LogP contribution in [0.3, 0.4) is 0 Å². The summed E-state index contributed by atoms with van der Waals surface area (Å²) in [4.78, 5) is 15.2. The van der Waals surface area contributed by atoms with Crippen molar-refractivity contribution in [2.45, 2.75) is 38.4 Å². The number of halogens is 5. The van der Waals surface area contributed by atoms with E-state index in [9.17, 15) is 22.0 Å². The van der Waals surface area contributed by atoms with Crippen LogP contribution in [0.15, 0.2) is 36.4 Å². The number of ether oxygens (including phenoxy) is 2. The van der Waals surface area contributed by atoms with Gasteiger partial charge >= 0.3 is 6.18 Å². The van der Waals surface area contributed by atoms with Crippen LogP contribution in [0.5, 0.6) is 5.88 Å². The van der Waals surface area contributed by atoms with Gasteiger partial charge in [-0.3, -0.25) is 4.90 Å². The van der Waals surface area contributed by atoms with Gasteiger partial charge in [0.1, 0.15) is 29.5 Å². The molecule has 1 unspecified atom stereocenters. The number of nitriles is 1. The second-order valence-corrected chi connectivity index (χ2v) is 11.3. The number of benzene rings is 1. The number of nitrogens with one attached hydrogen (secondary N) is 1. The third-order valence-electron chi connectivity index (χ3n) is 8.15. The number of aromatic amines is 1. The predicted molar refractivity (Wildman–Crippen MR) is 157 cm³/mol. The van der Waals surface area contributed by atoms with Gasteiger partial charge in [-0.1, -0.05) is 6.07 Å². The van der Waals surface area contributed by atoms with Crippen molar-refractivity contribution in [1.82, 2.24) is 44.8 Å². The number of imidazole rings is 1. The zero-order valence-corrected chi connectivity index (χ0v) is 25.1. The number of anilines is 1. The van der Waals surface area contributed by atoms with E-state index in [1.807, 2.05) is 10.6 Å². The lowest BCUT2D eigenvalue weighted by atomic mass is 10.1. The van der Waals surface area contributed by atoms with Crippen LogP contribution in [0.2, 0.25) is 0 Å². The first-order valence-electron chi connectivity index (χ1n) is 14.9. The zero-order chi connectivity index (χ0) is 33.4. The minimum absolute atomic E-state index is 0.0277. The second kappa shape index (κ2) is 12.7. The number of hydrogen-bond donors (Lipinski definition) is 1. The molecule has 1 N–H and O–H groups in total. The van der Waals surface area contributed by atoms with Gasteiger partial charge in [0.2, 0.25) is 11.7 Å². The second-order valence-electron chi connectivity index (χ2n) is 11.3. The van der Waals surface area contributed by atoms with E-state index in [0.29, 0.717) is 62.9 Å². The highest BCUT2D eigenvalue weighted by atomic mass is 19.4. The Balaban J connectivity index is 1.04. The fourth-order valence-electron chi connectivity index (χ4n) is 5.46. The van der Waals surface area contributed by atoms with E-state index in [-0.39, 0.29) is 47.1 Å². The van der Waals surface area contributed by atoms with Gasteiger partial charge in [-0.25, -0.2) is 13.8 Å². The molecule has 248 valence electrons. The number of fused-ring (bicyclic) bond motifs is 1. The fraction of sp³-hybridized carbons (Fsp3) is 0.367. The molecule has 4 aromatic heterocycles. The van der Waals surface area contributed by atoms with Crippen molar-refractivity contribution in [3.63, 3.8) is 0 Å². The van der Waals surface area contributed by atoms with Crippen molar-refractivity contribution in [2.75, 3.05) is 37.7 Å². The average Bonchev–Trinajstić information content (AvgIpc) is 3.68. The summed E-state index contributed by atoms with van der Waals surface area (Å²) in [5.41, 5.74) is 1.39. The molecule has 2 aliphatic rings. The summed E-state index contributed by atoms with van der Waals surface area (Å²) in [6.45, 7) is 3.38. The Hall–Kier alpha value is -5.28. The van der Waals surface area contributed by atoms with Gasteiger partial charge in [0, 0.05) is 44.4 Å². The number of aromatic nitrogens is 8. The number of H-pyrrole nitrogens is 1.